The van der Waals surface area contributed by atoms with Crippen LogP contribution in [0.15, 0.2) is 42.0 Å². The molecule has 106 valence electrons. The summed E-state index contributed by atoms with van der Waals surface area (Å²) in [5.74, 6) is 1.55. The Labute approximate surface area is 126 Å². The molecule has 0 aliphatic heterocycles. The van der Waals surface area contributed by atoms with Gasteiger partial charge in [-0.3, -0.25) is 4.98 Å². The maximum absolute atomic E-state index is 5.20. The van der Waals surface area contributed by atoms with E-state index in [1.54, 1.807) is 19.5 Å². The minimum Gasteiger partial charge on any atom is -0.497 e. The van der Waals surface area contributed by atoms with E-state index in [0.29, 0.717) is 0 Å². The first kappa shape index (κ1) is 13.5. The maximum Gasteiger partial charge on any atom is 0.188 e. The SMILES string of the molecule is COc1ccnc(-c2csc(Nc3cc(C)ccn3)n2)c1. The Bertz CT molecular complexity index is 757. The van der Waals surface area contributed by atoms with Crippen molar-refractivity contribution in [2.75, 3.05) is 12.4 Å². The molecule has 0 bridgehead atoms. The molecule has 0 saturated carbocycles. The molecule has 0 aromatic carbocycles. The lowest BCUT2D eigenvalue weighted by Crippen LogP contribution is -1.93. The second kappa shape index (κ2) is 5.88. The number of aryl methyl sites for hydroxylation is 1. The van der Waals surface area contributed by atoms with Crippen molar-refractivity contribution in [2.24, 2.45) is 0 Å². The van der Waals surface area contributed by atoms with Gasteiger partial charge in [-0.25, -0.2) is 9.97 Å². The average Bonchev–Trinajstić information content (AvgIpc) is 2.96. The van der Waals surface area contributed by atoms with Gasteiger partial charge in [-0.2, -0.15) is 0 Å². The largest absolute Gasteiger partial charge is 0.497 e. The summed E-state index contributed by atoms with van der Waals surface area (Å²) < 4.78 is 5.20. The minimum absolute atomic E-state index is 0.767. The number of thiazole rings is 1. The van der Waals surface area contributed by atoms with Gasteiger partial charge >= 0.3 is 0 Å². The van der Waals surface area contributed by atoms with Crippen LogP contribution in [-0.4, -0.2) is 22.1 Å². The molecule has 21 heavy (non-hydrogen) atoms. The highest BCUT2D eigenvalue weighted by molar-refractivity contribution is 7.14. The number of pyridine rings is 2. The van der Waals surface area contributed by atoms with Gasteiger partial charge in [0.15, 0.2) is 5.13 Å². The van der Waals surface area contributed by atoms with Crippen LogP contribution in [0.4, 0.5) is 10.9 Å². The number of hydrogen-bond donors (Lipinski definition) is 1. The highest BCUT2D eigenvalue weighted by Gasteiger charge is 2.07. The molecule has 0 saturated heterocycles. The van der Waals surface area contributed by atoms with Crippen molar-refractivity contribution in [3.63, 3.8) is 0 Å². The van der Waals surface area contributed by atoms with Crippen LogP contribution >= 0.6 is 11.3 Å². The predicted octanol–water partition coefficient (Wildman–Crippen LogP) is 3.66. The quantitative estimate of drug-likeness (QED) is 0.796. The molecular weight excluding hydrogens is 284 g/mol. The number of hydrogen-bond acceptors (Lipinski definition) is 6. The molecule has 3 aromatic rings. The van der Waals surface area contributed by atoms with Crippen molar-refractivity contribution in [2.45, 2.75) is 6.92 Å². The average molecular weight is 298 g/mol. The molecule has 0 atom stereocenters. The van der Waals surface area contributed by atoms with E-state index in [1.807, 2.05) is 36.6 Å². The summed E-state index contributed by atoms with van der Waals surface area (Å²) in [6, 6.07) is 7.61. The van der Waals surface area contributed by atoms with Crippen molar-refractivity contribution >= 4 is 22.3 Å². The van der Waals surface area contributed by atoms with Gasteiger partial charge in [-0.1, -0.05) is 0 Å². The van der Waals surface area contributed by atoms with Crippen LogP contribution in [0.25, 0.3) is 11.4 Å². The van der Waals surface area contributed by atoms with E-state index >= 15 is 0 Å². The Hall–Kier alpha value is -2.47. The van der Waals surface area contributed by atoms with E-state index in [0.717, 1.165) is 33.7 Å². The number of rotatable bonds is 4. The fourth-order valence-corrected chi connectivity index (χ4v) is 2.55. The monoisotopic (exact) mass is 298 g/mol. The highest BCUT2D eigenvalue weighted by Crippen LogP contribution is 2.27. The van der Waals surface area contributed by atoms with E-state index in [9.17, 15) is 0 Å². The molecule has 3 aromatic heterocycles. The van der Waals surface area contributed by atoms with Crippen LogP contribution in [0.3, 0.4) is 0 Å². The van der Waals surface area contributed by atoms with Gasteiger partial charge in [0.05, 0.1) is 12.8 Å². The van der Waals surface area contributed by atoms with Crippen LogP contribution < -0.4 is 10.1 Å². The van der Waals surface area contributed by atoms with Crippen LogP contribution in [-0.2, 0) is 0 Å². The van der Waals surface area contributed by atoms with Crippen molar-refractivity contribution in [1.29, 1.82) is 0 Å². The Kier molecular flexibility index (Phi) is 3.79. The van der Waals surface area contributed by atoms with Crippen molar-refractivity contribution in [3.8, 4) is 17.1 Å². The van der Waals surface area contributed by atoms with Gasteiger partial charge in [0.2, 0.25) is 0 Å². The third kappa shape index (κ3) is 3.17. The van der Waals surface area contributed by atoms with Crippen LogP contribution in [0.5, 0.6) is 5.75 Å². The van der Waals surface area contributed by atoms with E-state index < -0.39 is 0 Å². The lowest BCUT2D eigenvalue weighted by molar-refractivity contribution is 0.414. The van der Waals surface area contributed by atoms with Gasteiger partial charge in [-0.05, 0) is 30.7 Å². The lowest BCUT2D eigenvalue weighted by Gasteiger charge is -2.02. The van der Waals surface area contributed by atoms with Gasteiger partial charge < -0.3 is 10.1 Å². The standard InChI is InChI=1S/C15H14N4OS/c1-10-3-5-17-14(7-10)19-15-18-13(9-21-15)12-8-11(20-2)4-6-16-12/h3-9H,1-2H3,(H,17,18,19). The third-order valence-electron chi connectivity index (χ3n) is 2.88. The number of methoxy groups -OCH3 is 1. The molecule has 0 aliphatic carbocycles. The van der Waals surface area contributed by atoms with Crippen LogP contribution in [0.2, 0.25) is 0 Å². The predicted molar refractivity (Wildman–Crippen MR) is 84.2 cm³/mol. The van der Waals surface area contributed by atoms with Gasteiger partial charge in [0.1, 0.15) is 17.3 Å². The van der Waals surface area contributed by atoms with Crippen LogP contribution in [0, 0.1) is 6.92 Å². The number of anilines is 2. The third-order valence-corrected chi connectivity index (χ3v) is 3.64. The molecule has 0 unspecified atom stereocenters. The molecule has 6 heteroatoms. The van der Waals surface area contributed by atoms with E-state index in [-0.39, 0.29) is 0 Å². The fraction of sp³-hybridized carbons (Fsp3) is 0.133. The lowest BCUT2D eigenvalue weighted by atomic mass is 10.3. The van der Waals surface area contributed by atoms with E-state index in [1.165, 1.54) is 11.3 Å². The molecule has 3 rings (SSSR count). The van der Waals surface area contributed by atoms with Gasteiger partial charge in [0, 0.05) is 23.8 Å². The Morgan fingerprint density at radius 3 is 2.76 bits per heavy atom. The first-order valence-corrected chi connectivity index (χ1v) is 7.28. The summed E-state index contributed by atoms with van der Waals surface area (Å²) in [6.07, 6.45) is 3.48. The summed E-state index contributed by atoms with van der Waals surface area (Å²) in [6.45, 7) is 2.03. The number of nitrogens with zero attached hydrogens (tertiary/aromatic N) is 3. The number of ether oxygens (including phenoxy) is 1. The van der Waals surface area contributed by atoms with E-state index in [4.69, 9.17) is 4.74 Å². The molecular formula is C15H14N4OS. The Morgan fingerprint density at radius 2 is 1.95 bits per heavy atom. The fourth-order valence-electron chi connectivity index (χ4n) is 1.84. The first-order valence-electron chi connectivity index (χ1n) is 6.40. The number of nitrogens with one attached hydrogen (secondary N) is 1. The Morgan fingerprint density at radius 1 is 1.10 bits per heavy atom. The van der Waals surface area contributed by atoms with E-state index in [2.05, 4.69) is 20.3 Å². The molecule has 0 amide bonds. The second-order valence-electron chi connectivity index (χ2n) is 4.46. The van der Waals surface area contributed by atoms with Gasteiger partial charge in [0.25, 0.3) is 0 Å². The molecule has 1 N–H and O–H groups in total. The maximum atomic E-state index is 5.20. The van der Waals surface area contributed by atoms with Crippen LogP contribution in [0.1, 0.15) is 5.56 Å². The molecule has 3 heterocycles. The Balaban J connectivity index is 1.82. The molecule has 5 nitrogen and oxygen atoms in total. The van der Waals surface area contributed by atoms with Crippen molar-refractivity contribution in [1.82, 2.24) is 15.0 Å². The first-order chi connectivity index (χ1) is 10.2. The van der Waals surface area contributed by atoms with Crippen molar-refractivity contribution in [3.05, 3.63) is 47.6 Å². The highest BCUT2D eigenvalue weighted by atomic mass is 32.1. The molecule has 0 spiro atoms. The summed E-state index contributed by atoms with van der Waals surface area (Å²) in [7, 11) is 1.64. The topological polar surface area (TPSA) is 59.9 Å². The second-order valence-corrected chi connectivity index (χ2v) is 5.32. The van der Waals surface area contributed by atoms with Crippen molar-refractivity contribution < 1.29 is 4.74 Å². The molecule has 0 fully saturated rings. The zero-order valence-electron chi connectivity index (χ0n) is 11.7. The molecule has 0 radical (unpaired) electrons. The zero-order valence-corrected chi connectivity index (χ0v) is 12.5. The summed E-state index contributed by atoms with van der Waals surface area (Å²) in [5, 5.41) is 5.94. The smallest absolute Gasteiger partial charge is 0.188 e. The summed E-state index contributed by atoms with van der Waals surface area (Å²) in [4.78, 5) is 13.1. The number of aromatic nitrogens is 3. The molecule has 0 aliphatic rings. The minimum atomic E-state index is 0.767. The van der Waals surface area contributed by atoms with Gasteiger partial charge in [-0.15, -0.1) is 11.3 Å². The zero-order chi connectivity index (χ0) is 14.7. The summed E-state index contributed by atoms with van der Waals surface area (Å²) >= 11 is 1.52. The summed E-state index contributed by atoms with van der Waals surface area (Å²) in [5.41, 5.74) is 2.75. The normalized spacial score (nSPS) is 10.4.